The third kappa shape index (κ3) is 1.90. The zero-order valence-corrected chi connectivity index (χ0v) is 10.6. The first-order valence-electron chi connectivity index (χ1n) is 5.76. The van der Waals surface area contributed by atoms with Crippen molar-refractivity contribution >= 4 is 22.7 Å². The maximum atomic E-state index is 11.9. The molecule has 4 nitrogen and oxygen atoms in total. The molecule has 0 N–H and O–H groups in total. The summed E-state index contributed by atoms with van der Waals surface area (Å²) in [6.45, 7) is 5.58. The number of para-hydroxylation sites is 1. The average molecular weight is 246 g/mol. The number of hydrogen-bond acceptors (Lipinski definition) is 4. The van der Waals surface area contributed by atoms with E-state index in [0.717, 1.165) is 16.7 Å². The second-order valence-electron chi connectivity index (χ2n) is 4.02. The van der Waals surface area contributed by atoms with Gasteiger partial charge in [-0.1, -0.05) is 12.1 Å². The Labute approximate surface area is 105 Å². The number of aryl methyl sites for hydroxylation is 2. The van der Waals surface area contributed by atoms with E-state index in [1.165, 1.54) is 0 Å². The van der Waals surface area contributed by atoms with Gasteiger partial charge in [0.2, 0.25) is 0 Å². The molecular formula is C14H14O4. The van der Waals surface area contributed by atoms with Crippen LogP contribution < -0.4 is 0 Å². The fourth-order valence-electron chi connectivity index (χ4n) is 1.85. The molecule has 4 heteroatoms. The van der Waals surface area contributed by atoms with Crippen LogP contribution in [0.5, 0.6) is 0 Å². The van der Waals surface area contributed by atoms with Crippen LogP contribution in [0.4, 0.5) is 0 Å². The molecule has 0 aliphatic carbocycles. The molecule has 0 unspecified atom stereocenters. The molecule has 1 aromatic heterocycles. The maximum absolute atomic E-state index is 11.9. The molecule has 0 bridgehead atoms. The molecule has 0 amide bonds. The van der Waals surface area contributed by atoms with Gasteiger partial charge in [-0.25, -0.2) is 4.79 Å². The molecular weight excluding hydrogens is 232 g/mol. The Kier molecular flexibility index (Phi) is 3.19. The third-order valence-corrected chi connectivity index (χ3v) is 2.91. The van der Waals surface area contributed by atoms with Gasteiger partial charge in [0, 0.05) is 5.39 Å². The van der Waals surface area contributed by atoms with E-state index in [-0.39, 0.29) is 12.2 Å². The second-order valence-corrected chi connectivity index (χ2v) is 4.02. The quantitative estimate of drug-likeness (QED) is 0.474. The number of ketones is 1. The predicted molar refractivity (Wildman–Crippen MR) is 66.7 cm³/mol. The molecule has 0 saturated heterocycles. The Morgan fingerprint density at radius 2 is 2.00 bits per heavy atom. The van der Waals surface area contributed by atoms with E-state index in [1.807, 2.05) is 19.9 Å². The van der Waals surface area contributed by atoms with E-state index in [9.17, 15) is 9.59 Å². The molecule has 0 fully saturated rings. The molecule has 1 aromatic carbocycles. The maximum Gasteiger partial charge on any atom is 0.379 e. The highest BCUT2D eigenvalue weighted by Gasteiger charge is 2.22. The van der Waals surface area contributed by atoms with Crippen LogP contribution in [-0.2, 0) is 9.53 Å². The van der Waals surface area contributed by atoms with Gasteiger partial charge in [-0.2, -0.15) is 0 Å². The molecule has 0 spiro atoms. The van der Waals surface area contributed by atoms with Crippen LogP contribution in [0.3, 0.4) is 0 Å². The van der Waals surface area contributed by atoms with Crippen molar-refractivity contribution < 1.29 is 18.7 Å². The van der Waals surface area contributed by atoms with E-state index in [4.69, 9.17) is 9.15 Å². The summed E-state index contributed by atoms with van der Waals surface area (Å²) >= 11 is 0. The fourth-order valence-corrected chi connectivity index (χ4v) is 1.85. The van der Waals surface area contributed by atoms with Crippen LogP contribution in [0.1, 0.15) is 28.6 Å². The van der Waals surface area contributed by atoms with Crippen molar-refractivity contribution in [2.45, 2.75) is 20.8 Å². The van der Waals surface area contributed by atoms with Gasteiger partial charge in [0.15, 0.2) is 0 Å². The van der Waals surface area contributed by atoms with Crippen LogP contribution in [0.25, 0.3) is 11.0 Å². The SMILES string of the molecule is CCOC(=O)C(=O)c1cccc2c(C)c(C)oc12. The van der Waals surface area contributed by atoms with Crippen LogP contribution >= 0.6 is 0 Å². The Bertz CT molecular complexity index is 622. The molecule has 0 aliphatic rings. The Morgan fingerprint density at radius 3 is 2.67 bits per heavy atom. The highest BCUT2D eigenvalue weighted by Crippen LogP contribution is 2.27. The molecule has 94 valence electrons. The summed E-state index contributed by atoms with van der Waals surface area (Å²) in [6.07, 6.45) is 0. The number of carbonyl (C=O) groups excluding carboxylic acids is 2. The van der Waals surface area contributed by atoms with E-state index in [2.05, 4.69) is 0 Å². The van der Waals surface area contributed by atoms with Gasteiger partial charge in [-0.05, 0) is 32.4 Å². The van der Waals surface area contributed by atoms with Gasteiger partial charge in [-0.15, -0.1) is 0 Å². The minimum Gasteiger partial charge on any atom is -0.460 e. The Hall–Kier alpha value is -2.10. The fraction of sp³-hybridized carbons (Fsp3) is 0.286. The summed E-state index contributed by atoms with van der Waals surface area (Å²) in [7, 11) is 0. The van der Waals surface area contributed by atoms with Crippen molar-refractivity contribution in [3.05, 3.63) is 35.1 Å². The lowest BCUT2D eigenvalue weighted by molar-refractivity contribution is -0.137. The highest BCUT2D eigenvalue weighted by molar-refractivity contribution is 6.42. The van der Waals surface area contributed by atoms with Gasteiger partial charge >= 0.3 is 5.97 Å². The standard InChI is InChI=1S/C14H14O4/c1-4-17-14(16)12(15)11-7-5-6-10-8(2)9(3)18-13(10)11/h5-7H,4H2,1-3H3. The smallest absolute Gasteiger partial charge is 0.379 e. The van der Waals surface area contributed by atoms with Gasteiger partial charge in [0.05, 0.1) is 12.2 Å². The summed E-state index contributed by atoms with van der Waals surface area (Å²) in [6, 6.07) is 5.17. The van der Waals surface area contributed by atoms with Gasteiger partial charge in [-0.3, -0.25) is 4.79 Å². The van der Waals surface area contributed by atoms with E-state index in [0.29, 0.717) is 5.58 Å². The number of esters is 1. The number of fused-ring (bicyclic) bond motifs is 1. The first-order valence-corrected chi connectivity index (χ1v) is 5.76. The van der Waals surface area contributed by atoms with Gasteiger partial charge in [0.25, 0.3) is 5.78 Å². The minimum absolute atomic E-state index is 0.177. The van der Waals surface area contributed by atoms with Crippen LogP contribution in [0.2, 0.25) is 0 Å². The molecule has 2 aromatic rings. The lowest BCUT2D eigenvalue weighted by Crippen LogP contribution is -2.17. The van der Waals surface area contributed by atoms with E-state index >= 15 is 0 Å². The number of rotatable bonds is 3. The van der Waals surface area contributed by atoms with Crippen molar-refractivity contribution in [1.82, 2.24) is 0 Å². The van der Waals surface area contributed by atoms with Gasteiger partial charge < -0.3 is 9.15 Å². The van der Waals surface area contributed by atoms with E-state index in [1.54, 1.807) is 19.1 Å². The lowest BCUT2D eigenvalue weighted by Gasteiger charge is -2.01. The summed E-state index contributed by atoms with van der Waals surface area (Å²) in [5.41, 5.74) is 1.68. The number of hydrogen-bond donors (Lipinski definition) is 0. The topological polar surface area (TPSA) is 56.5 Å². The van der Waals surface area contributed by atoms with Crippen molar-refractivity contribution in [3.63, 3.8) is 0 Å². The lowest BCUT2D eigenvalue weighted by atomic mass is 10.1. The summed E-state index contributed by atoms with van der Waals surface area (Å²) in [4.78, 5) is 23.4. The zero-order valence-electron chi connectivity index (χ0n) is 10.6. The first-order chi connectivity index (χ1) is 8.56. The molecule has 18 heavy (non-hydrogen) atoms. The van der Waals surface area contributed by atoms with Crippen molar-refractivity contribution in [3.8, 4) is 0 Å². The monoisotopic (exact) mass is 246 g/mol. The summed E-state index contributed by atoms with van der Waals surface area (Å²) in [5, 5.41) is 0.850. The van der Waals surface area contributed by atoms with Crippen molar-refractivity contribution in [1.29, 1.82) is 0 Å². The number of furan rings is 1. The van der Waals surface area contributed by atoms with Crippen LogP contribution in [-0.4, -0.2) is 18.4 Å². The predicted octanol–water partition coefficient (Wildman–Crippen LogP) is 2.80. The molecule has 0 atom stereocenters. The Balaban J connectivity index is 2.55. The number of benzene rings is 1. The molecule has 0 saturated carbocycles. The van der Waals surface area contributed by atoms with Crippen molar-refractivity contribution in [2.75, 3.05) is 6.61 Å². The molecule has 0 radical (unpaired) electrons. The summed E-state index contributed by atoms with van der Waals surface area (Å²) < 4.78 is 10.3. The average Bonchev–Trinajstić information content (AvgIpc) is 2.65. The second kappa shape index (κ2) is 4.64. The minimum atomic E-state index is -0.850. The molecule has 2 rings (SSSR count). The third-order valence-electron chi connectivity index (χ3n) is 2.91. The van der Waals surface area contributed by atoms with Gasteiger partial charge in [0.1, 0.15) is 11.3 Å². The molecule has 1 heterocycles. The normalized spacial score (nSPS) is 10.6. The Morgan fingerprint density at radius 1 is 1.28 bits per heavy atom. The first kappa shape index (κ1) is 12.4. The number of Topliss-reactive ketones (excluding diaryl/α,β-unsaturated/α-hetero) is 1. The zero-order chi connectivity index (χ0) is 13.3. The summed E-state index contributed by atoms with van der Waals surface area (Å²) in [5.74, 6) is -0.776. The van der Waals surface area contributed by atoms with Crippen LogP contribution in [0.15, 0.2) is 22.6 Å². The van der Waals surface area contributed by atoms with Crippen LogP contribution in [0, 0.1) is 13.8 Å². The molecule has 0 aliphatic heterocycles. The van der Waals surface area contributed by atoms with Crippen molar-refractivity contribution in [2.24, 2.45) is 0 Å². The number of ether oxygens (including phenoxy) is 1. The number of carbonyl (C=O) groups is 2. The highest BCUT2D eigenvalue weighted by atomic mass is 16.5. The largest absolute Gasteiger partial charge is 0.460 e. The van der Waals surface area contributed by atoms with E-state index < -0.39 is 11.8 Å².